The molecule has 0 spiro atoms. The molecule has 0 aliphatic heterocycles. The molecule has 0 radical (unpaired) electrons. The molecule has 0 unspecified atom stereocenters. The lowest BCUT2D eigenvalue weighted by Crippen LogP contribution is -2.05. The van der Waals surface area contributed by atoms with Crippen LogP contribution >= 0.6 is 0 Å². The minimum atomic E-state index is 0.0345. The smallest absolute Gasteiger partial charge is 0.213 e. The lowest BCUT2D eigenvalue weighted by molar-refractivity contribution is 0.326. The van der Waals surface area contributed by atoms with Crippen LogP contribution in [0.5, 0.6) is 5.88 Å². The Morgan fingerprint density at radius 3 is 3.00 bits per heavy atom. The summed E-state index contributed by atoms with van der Waals surface area (Å²) in [5.41, 5.74) is 6.74. The highest BCUT2D eigenvalue weighted by molar-refractivity contribution is 5.22. The van der Waals surface area contributed by atoms with Crippen molar-refractivity contribution in [3.05, 3.63) is 23.9 Å². The van der Waals surface area contributed by atoms with Crippen LogP contribution in [0.1, 0.15) is 25.5 Å². The highest BCUT2D eigenvalue weighted by Crippen LogP contribution is 2.14. The molecule has 3 nitrogen and oxygen atoms in total. The van der Waals surface area contributed by atoms with Gasteiger partial charge in [0.15, 0.2) is 0 Å². The molecule has 0 amide bonds. The maximum absolute atomic E-state index is 5.70. The van der Waals surface area contributed by atoms with Gasteiger partial charge in [0.1, 0.15) is 0 Å². The van der Waals surface area contributed by atoms with Gasteiger partial charge in [-0.25, -0.2) is 4.98 Å². The van der Waals surface area contributed by atoms with Gasteiger partial charge in [-0.3, -0.25) is 0 Å². The molecule has 0 saturated heterocycles. The molecular formula is C9H14N2O. The van der Waals surface area contributed by atoms with Crippen molar-refractivity contribution in [2.24, 2.45) is 5.73 Å². The molecule has 3 heteroatoms. The zero-order chi connectivity index (χ0) is 8.97. The van der Waals surface area contributed by atoms with Crippen molar-refractivity contribution in [1.29, 1.82) is 0 Å². The molecule has 1 atom stereocenters. The van der Waals surface area contributed by atoms with Crippen LogP contribution in [0.4, 0.5) is 0 Å². The summed E-state index contributed by atoms with van der Waals surface area (Å²) < 4.78 is 5.23. The quantitative estimate of drug-likeness (QED) is 0.740. The van der Waals surface area contributed by atoms with Gasteiger partial charge in [0, 0.05) is 18.3 Å². The summed E-state index contributed by atoms with van der Waals surface area (Å²) in [7, 11) is 0. The van der Waals surface area contributed by atoms with E-state index in [1.54, 1.807) is 6.20 Å². The van der Waals surface area contributed by atoms with Gasteiger partial charge in [-0.2, -0.15) is 0 Å². The van der Waals surface area contributed by atoms with Gasteiger partial charge in [-0.1, -0.05) is 0 Å². The number of hydrogen-bond acceptors (Lipinski definition) is 3. The number of nitrogens with two attached hydrogens (primary N) is 1. The molecule has 1 aromatic rings. The Hall–Kier alpha value is -1.09. The van der Waals surface area contributed by atoms with Gasteiger partial charge in [-0.05, 0) is 25.5 Å². The topological polar surface area (TPSA) is 48.1 Å². The fourth-order valence-corrected chi connectivity index (χ4v) is 0.935. The Labute approximate surface area is 72.6 Å². The standard InChI is InChI=1S/C9H14N2O/c1-3-12-9-6-8(7(2)10)4-5-11-9/h4-7H,3,10H2,1-2H3/t7-/m0/s1. The zero-order valence-electron chi connectivity index (χ0n) is 7.45. The second-order valence-corrected chi connectivity index (χ2v) is 2.65. The number of nitrogens with zero attached hydrogens (tertiary/aromatic N) is 1. The van der Waals surface area contributed by atoms with Crippen LogP contribution < -0.4 is 10.5 Å². The largest absolute Gasteiger partial charge is 0.478 e. The number of hydrogen-bond donors (Lipinski definition) is 1. The fourth-order valence-electron chi connectivity index (χ4n) is 0.935. The monoisotopic (exact) mass is 166 g/mol. The molecule has 0 bridgehead atoms. The molecule has 0 saturated carbocycles. The van der Waals surface area contributed by atoms with Gasteiger partial charge in [0.25, 0.3) is 0 Å². The first-order valence-corrected chi connectivity index (χ1v) is 4.08. The SMILES string of the molecule is CCOc1cc([C@H](C)N)ccn1. The maximum atomic E-state index is 5.70. The Bertz CT molecular complexity index is 248. The summed E-state index contributed by atoms with van der Waals surface area (Å²) in [5.74, 6) is 0.646. The fraction of sp³-hybridized carbons (Fsp3) is 0.444. The Morgan fingerprint density at radius 1 is 1.67 bits per heavy atom. The molecule has 1 heterocycles. The predicted molar refractivity (Wildman–Crippen MR) is 48.0 cm³/mol. The normalized spacial score (nSPS) is 12.6. The van der Waals surface area contributed by atoms with Crippen LogP contribution in [0.15, 0.2) is 18.3 Å². The summed E-state index contributed by atoms with van der Waals surface area (Å²) in [6, 6.07) is 3.80. The molecule has 66 valence electrons. The van der Waals surface area contributed by atoms with Crippen molar-refractivity contribution in [3.63, 3.8) is 0 Å². The summed E-state index contributed by atoms with van der Waals surface area (Å²) in [5, 5.41) is 0. The van der Waals surface area contributed by atoms with Crippen molar-refractivity contribution >= 4 is 0 Å². The molecule has 1 aromatic heterocycles. The number of pyridine rings is 1. The molecular weight excluding hydrogens is 152 g/mol. The van der Waals surface area contributed by atoms with E-state index >= 15 is 0 Å². The predicted octanol–water partition coefficient (Wildman–Crippen LogP) is 1.50. The van der Waals surface area contributed by atoms with E-state index in [2.05, 4.69) is 4.98 Å². The first kappa shape index (κ1) is 9.00. The minimum absolute atomic E-state index is 0.0345. The van der Waals surface area contributed by atoms with Crippen LogP contribution in [0, 0.1) is 0 Å². The Balaban J connectivity index is 2.81. The van der Waals surface area contributed by atoms with E-state index in [0.717, 1.165) is 5.56 Å². The van der Waals surface area contributed by atoms with Crippen molar-refractivity contribution in [3.8, 4) is 5.88 Å². The average molecular weight is 166 g/mol. The molecule has 0 aliphatic rings. The molecule has 0 fully saturated rings. The molecule has 2 N–H and O–H groups in total. The van der Waals surface area contributed by atoms with Gasteiger partial charge in [-0.15, -0.1) is 0 Å². The van der Waals surface area contributed by atoms with Crippen molar-refractivity contribution in [2.45, 2.75) is 19.9 Å². The first-order chi connectivity index (χ1) is 5.74. The lowest BCUT2D eigenvalue weighted by atomic mass is 10.1. The highest BCUT2D eigenvalue weighted by Gasteiger charge is 2.00. The van der Waals surface area contributed by atoms with E-state index in [1.165, 1.54) is 0 Å². The average Bonchev–Trinajstić information content (AvgIpc) is 2.05. The van der Waals surface area contributed by atoms with E-state index in [0.29, 0.717) is 12.5 Å². The second-order valence-electron chi connectivity index (χ2n) is 2.65. The van der Waals surface area contributed by atoms with Crippen LogP contribution in [0.25, 0.3) is 0 Å². The first-order valence-electron chi connectivity index (χ1n) is 4.08. The third-order valence-corrected chi connectivity index (χ3v) is 1.58. The highest BCUT2D eigenvalue weighted by atomic mass is 16.5. The van der Waals surface area contributed by atoms with Crippen LogP contribution in [0.3, 0.4) is 0 Å². The van der Waals surface area contributed by atoms with Crippen molar-refractivity contribution in [1.82, 2.24) is 4.98 Å². The number of rotatable bonds is 3. The maximum Gasteiger partial charge on any atom is 0.213 e. The van der Waals surface area contributed by atoms with Gasteiger partial charge in [0.05, 0.1) is 6.61 Å². The minimum Gasteiger partial charge on any atom is -0.478 e. The molecule has 12 heavy (non-hydrogen) atoms. The molecule has 0 aromatic carbocycles. The Kier molecular flexibility index (Phi) is 3.05. The van der Waals surface area contributed by atoms with Crippen LogP contribution in [-0.4, -0.2) is 11.6 Å². The van der Waals surface area contributed by atoms with E-state index < -0.39 is 0 Å². The molecule has 1 rings (SSSR count). The lowest BCUT2D eigenvalue weighted by Gasteiger charge is -2.07. The summed E-state index contributed by atoms with van der Waals surface area (Å²) >= 11 is 0. The van der Waals surface area contributed by atoms with Gasteiger partial charge < -0.3 is 10.5 Å². The van der Waals surface area contributed by atoms with Crippen LogP contribution in [0.2, 0.25) is 0 Å². The molecule has 0 aliphatic carbocycles. The van der Waals surface area contributed by atoms with Gasteiger partial charge in [0.2, 0.25) is 5.88 Å². The van der Waals surface area contributed by atoms with E-state index in [-0.39, 0.29) is 6.04 Å². The summed E-state index contributed by atoms with van der Waals surface area (Å²) in [6.07, 6.45) is 1.71. The van der Waals surface area contributed by atoms with Gasteiger partial charge >= 0.3 is 0 Å². The number of aromatic nitrogens is 1. The second kappa shape index (κ2) is 4.07. The van der Waals surface area contributed by atoms with E-state index in [4.69, 9.17) is 10.5 Å². The summed E-state index contributed by atoms with van der Waals surface area (Å²) in [4.78, 5) is 4.03. The Morgan fingerprint density at radius 2 is 2.42 bits per heavy atom. The van der Waals surface area contributed by atoms with Crippen molar-refractivity contribution < 1.29 is 4.74 Å². The third kappa shape index (κ3) is 2.20. The van der Waals surface area contributed by atoms with E-state index in [9.17, 15) is 0 Å². The summed E-state index contributed by atoms with van der Waals surface area (Å²) in [6.45, 7) is 4.50. The van der Waals surface area contributed by atoms with Crippen LogP contribution in [-0.2, 0) is 0 Å². The van der Waals surface area contributed by atoms with Crippen molar-refractivity contribution in [2.75, 3.05) is 6.61 Å². The zero-order valence-corrected chi connectivity index (χ0v) is 7.45. The third-order valence-electron chi connectivity index (χ3n) is 1.58. The number of ether oxygens (including phenoxy) is 1. The van der Waals surface area contributed by atoms with E-state index in [1.807, 2.05) is 26.0 Å².